The van der Waals surface area contributed by atoms with Crippen molar-refractivity contribution in [2.75, 3.05) is 18.4 Å². The minimum Gasteiger partial charge on any atom is -0.444 e. The maximum Gasteiger partial charge on any atom is 0.422 e. The zero-order valence-electron chi connectivity index (χ0n) is 16.9. The maximum atomic E-state index is 12.8. The highest BCUT2D eigenvalue weighted by Crippen LogP contribution is 2.47. The molecule has 29 heavy (non-hydrogen) atoms. The van der Waals surface area contributed by atoms with E-state index in [0.717, 1.165) is 25.9 Å². The second-order valence-corrected chi connectivity index (χ2v) is 8.18. The van der Waals surface area contributed by atoms with E-state index in [1.54, 1.807) is 4.90 Å². The van der Waals surface area contributed by atoms with Gasteiger partial charge in [-0.2, -0.15) is 18.3 Å². The van der Waals surface area contributed by atoms with E-state index in [1.807, 2.05) is 20.8 Å². The van der Waals surface area contributed by atoms with Gasteiger partial charge in [0.1, 0.15) is 5.60 Å². The van der Waals surface area contributed by atoms with Gasteiger partial charge in [0.25, 0.3) is 0 Å². The molecular weight excluding hydrogens is 393 g/mol. The number of H-pyrrole nitrogens is 1. The normalized spacial score (nSPS) is 22.2. The van der Waals surface area contributed by atoms with Crippen molar-refractivity contribution in [1.29, 1.82) is 0 Å². The third-order valence-electron chi connectivity index (χ3n) is 4.51. The van der Waals surface area contributed by atoms with Crippen LogP contribution in [0.2, 0.25) is 0 Å². The molecule has 0 bridgehead atoms. The molecule has 2 aliphatic heterocycles. The number of carbonyl (C=O) groups excluding carboxylic acids is 2. The molecule has 2 amide bonds. The molecule has 0 saturated carbocycles. The standard InChI is InChI=1S/C10H19NO2.C8H8F3N3O2/c1-10(2,3)13-9(12)11-7-5-4-6-8-11;1-3-5-6(14-13-3)12-4(15)2-7(5,16)8(9,10)11/h4-8H2,1-3H3;16H,2H2,1H3,(H2,12,13,14,15). The number of aromatic nitrogens is 2. The van der Waals surface area contributed by atoms with Crippen LogP contribution in [0.4, 0.5) is 23.8 Å². The molecule has 3 N–H and O–H groups in total. The predicted molar refractivity (Wildman–Crippen MR) is 98.2 cm³/mol. The summed E-state index contributed by atoms with van der Waals surface area (Å²) in [6.07, 6.45) is -2.68. The number of halogens is 3. The molecule has 1 atom stereocenters. The molecule has 0 radical (unpaired) electrons. The summed E-state index contributed by atoms with van der Waals surface area (Å²) in [7, 11) is 0. The Hall–Kier alpha value is -2.30. The Morgan fingerprint density at radius 3 is 2.31 bits per heavy atom. The number of aliphatic hydroxyl groups is 1. The molecule has 1 aromatic rings. The predicted octanol–water partition coefficient (Wildman–Crippen LogP) is 3.22. The fourth-order valence-corrected chi connectivity index (χ4v) is 3.17. The lowest BCUT2D eigenvalue weighted by Gasteiger charge is -2.33. The Bertz CT molecular complexity index is 751. The molecule has 0 aromatic carbocycles. The molecule has 3 rings (SSSR count). The zero-order chi connectivity index (χ0) is 22.0. The first kappa shape index (κ1) is 23.0. The van der Waals surface area contributed by atoms with Crippen molar-refractivity contribution in [3.05, 3.63) is 11.3 Å². The van der Waals surface area contributed by atoms with E-state index in [1.165, 1.54) is 13.3 Å². The fraction of sp³-hybridized carbons (Fsp3) is 0.722. The monoisotopic (exact) mass is 420 g/mol. The van der Waals surface area contributed by atoms with Crippen molar-refractivity contribution >= 4 is 17.8 Å². The number of hydrogen-bond acceptors (Lipinski definition) is 5. The van der Waals surface area contributed by atoms with Gasteiger partial charge in [0.2, 0.25) is 5.91 Å². The highest BCUT2D eigenvalue weighted by molar-refractivity contribution is 5.94. The summed E-state index contributed by atoms with van der Waals surface area (Å²) in [5.74, 6) is -1.19. The Labute approximate surface area is 166 Å². The van der Waals surface area contributed by atoms with Gasteiger partial charge in [0, 0.05) is 18.8 Å². The molecule has 164 valence electrons. The highest BCUT2D eigenvalue weighted by atomic mass is 19.4. The molecule has 2 aliphatic rings. The smallest absolute Gasteiger partial charge is 0.422 e. The molecule has 1 unspecified atom stereocenters. The van der Waals surface area contributed by atoms with Crippen LogP contribution in [0.3, 0.4) is 0 Å². The lowest BCUT2D eigenvalue weighted by atomic mass is 9.86. The Morgan fingerprint density at radius 2 is 1.79 bits per heavy atom. The summed E-state index contributed by atoms with van der Waals surface area (Å²) in [6.45, 7) is 8.75. The van der Waals surface area contributed by atoms with Crippen molar-refractivity contribution in [1.82, 2.24) is 15.1 Å². The number of fused-ring (bicyclic) bond motifs is 1. The lowest BCUT2D eigenvalue weighted by molar-refractivity contribution is -0.267. The van der Waals surface area contributed by atoms with Gasteiger partial charge in [-0.1, -0.05) is 0 Å². The zero-order valence-corrected chi connectivity index (χ0v) is 16.9. The van der Waals surface area contributed by atoms with E-state index in [4.69, 9.17) is 4.74 Å². The first-order chi connectivity index (χ1) is 13.2. The number of nitrogens with zero attached hydrogens (tertiary/aromatic N) is 2. The second-order valence-electron chi connectivity index (χ2n) is 8.18. The van der Waals surface area contributed by atoms with Crippen LogP contribution in [0.1, 0.15) is 57.7 Å². The van der Waals surface area contributed by atoms with Gasteiger partial charge in [-0.15, -0.1) is 0 Å². The molecule has 11 heteroatoms. The Balaban J connectivity index is 0.000000212. The number of piperidine rings is 1. The number of aryl methyl sites for hydroxylation is 1. The first-order valence-corrected chi connectivity index (χ1v) is 9.37. The minimum atomic E-state index is -4.92. The van der Waals surface area contributed by atoms with Gasteiger partial charge < -0.3 is 20.1 Å². The largest absolute Gasteiger partial charge is 0.444 e. The maximum absolute atomic E-state index is 12.8. The van der Waals surface area contributed by atoms with Crippen molar-refractivity contribution in [3.8, 4) is 0 Å². The molecular formula is C18H27F3N4O4. The van der Waals surface area contributed by atoms with E-state index in [2.05, 4.69) is 15.5 Å². The number of anilines is 1. The van der Waals surface area contributed by atoms with E-state index < -0.39 is 29.7 Å². The van der Waals surface area contributed by atoms with Crippen molar-refractivity contribution in [3.63, 3.8) is 0 Å². The fourth-order valence-electron chi connectivity index (χ4n) is 3.17. The Morgan fingerprint density at radius 1 is 1.21 bits per heavy atom. The lowest BCUT2D eigenvalue weighted by Crippen LogP contribution is -2.48. The van der Waals surface area contributed by atoms with E-state index >= 15 is 0 Å². The van der Waals surface area contributed by atoms with Gasteiger partial charge in [-0.05, 0) is 47.0 Å². The minimum absolute atomic E-state index is 0.0785. The topological polar surface area (TPSA) is 108 Å². The van der Waals surface area contributed by atoms with Gasteiger partial charge in [0.05, 0.1) is 12.0 Å². The van der Waals surface area contributed by atoms with Crippen molar-refractivity contribution in [2.45, 2.75) is 70.8 Å². The molecule has 8 nitrogen and oxygen atoms in total. The third-order valence-corrected chi connectivity index (χ3v) is 4.51. The van der Waals surface area contributed by atoms with E-state index in [0.29, 0.717) is 0 Å². The number of alkyl halides is 3. The molecule has 1 saturated heterocycles. The van der Waals surface area contributed by atoms with Crippen LogP contribution >= 0.6 is 0 Å². The van der Waals surface area contributed by atoms with Gasteiger partial charge >= 0.3 is 12.3 Å². The summed E-state index contributed by atoms with van der Waals surface area (Å²) < 4.78 is 43.6. The third kappa shape index (κ3) is 5.40. The van der Waals surface area contributed by atoms with Crippen LogP contribution in [0.15, 0.2) is 0 Å². The molecule has 0 spiro atoms. The van der Waals surface area contributed by atoms with Crippen molar-refractivity contribution in [2.24, 2.45) is 0 Å². The number of hydrogen-bond donors (Lipinski definition) is 3. The second kappa shape index (κ2) is 8.21. The Kier molecular flexibility index (Phi) is 6.51. The summed E-state index contributed by atoms with van der Waals surface area (Å²) in [6, 6.07) is 0. The SMILES string of the molecule is CC(C)(C)OC(=O)N1CCCCC1.Cc1[nH]nc2c1C(O)(C(F)(F)F)CC(=O)N2. The molecule has 0 aliphatic carbocycles. The highest BCUT2D eigenvalue weighted by Gasteiger charge is 2.60. The summed E-state index contributed by atoms with van der Waals surface area (Å²) in [4.78, 5) is 24.4. The number of amides is 2. The summed E-state index contributed by atoms with van der Waals surface area (Å²) >= 11 is 0. The molecule has 3 heterocycles. The quantitative estimate of drug-likeness (QED) is 0.597. The average molecular weight is 420 g/mol. The van der Waals surface area contributed by atoms with Crippen LogP contribution in [0.25, 0.3) is 0 Å². The molecule has 1 aromatic heterocycles. The van der Waals surface area contributed by atoms with Crippen LogP contribution in [0.5, 0.6) is 0 Å². The summed E-state index contributed by atoms with van der Waals surface area (Å²) in [5.41, 5.74) is -3.87. The number of carbonyl (C=O) groups is 2. The van der Waals surface area contributed by atoms with E-state index in [9.17, 15) is 27.9 Å². The van der Waals surface area contributed by atoms with Crippen LogP contribution < -0.4 is 5.32 Å². The van der Waals surface area contributed by atoms with Crippen molar-refractivity contribution < 1.29 is 32.6 Å². The average Bonchev–Trinajstić information content (AvgIpc) is 2.95. The van der Waals surface area contributed by atoms with Crippen LogP contribution in [-0.2, 0) is 15.1 Å². The number of ether oxygens (including phenoxy) is 1. The number of likely N-dealkylation sites (tertiary alicyclic amines) is 1. The van der Waals surface area contributed by atoms with Gasteiger partial charge in [-0.3, -0.25) is 9.89 Å². The number of nitrogens with one attached hydrogen (secondary N) is 2. The first-order valence-electron chi connectivity index (χ1n) is 9.37. The number of rotatable bonds is 0. The summed E-state index contributed by atoms with van der Waals surface area (Å²) in [5, 5.41) is 17.6. The van der Waals surface area contributed by atoms with Crippen LogP contribution in [0, 0.1) is 6.92 Å². The van der Waals surface area contributed by atoms with Gasteiger partial charge in [0.15, 0.2) is 11.4 Å². The van der Waals surface area contributed by atoms with E-state index in [-0.39, 0.29) is 23.2 Å². The number of aromatic amines is 1. The molecule has 1 fully saturated rings. The van der Waals surface area contributed by atoms with Crippen LogP contribution in [-0.4, -0.2) is 57.1 Å². The van der Waals surface area contributed by atoms with Gasteiger partial charge in [-0.25, -0.2) is 4.79 Å².